The molecule has 28 heavy (non-hydrogen) atoms. The van der Waals surface area contributed by atoms with Gasteiger partial charge in [-0.25, -0.2) is 4.68 Å². The number of ether oxygens (including phenoxy) is 1. The Bertz CT molecular complexity index is 969. The topological polar surface area (TPSA) is 60.2 Å². The van der Waals surface area contributed by atoms with Crippen LogP contribution in [0.5, 0.6) is 0 Å². The fourth-order valence-corrected chi connectivity index (χ4v) is 3.83. The van der Waals surface area contributed by atoms with Gasteiger partial charge in [0.2, 0.25) is 5.95 Å². The predicted octanol–water partition coefficient (Wildman–Crippen LogP) is 3.95. The van der Waals surface area contributed by atoms with Crippen LogP contribution in [-0.4, -0.2) is 34.4 Å². The van der Waals surface area contributed by atoms with Gasteiger partial charge >= 0.3 is 0 Å². The standard InChI is InChI=1S/C21H21ClN4O2/c1-14-3-5-15(6-4-14)18-11-19(16-7-9-17(22)10-8-16)26-21(23-13-24-26)25(18)20(27)12-28-2/h3-10,13,18-19H,11-12H2,1-2H3. The molecule has 1 aromatic heterocycles. The summed E-state index contributed by atoms with van der Waals surface area (Å²) in [6, 6.07) is 15.8. The molecule has 144 valence electrons. The van der Waals surface area contributed by atoms with Crippen LogP contribution in [0.2, 0.25) is 5.02 Å². The molecule has 2 unspecified atom stereocenters. The summed E-state index contributed by atoms with van der Waals surface area (Å²) in [7, 11) is 1.52. The number of hydrogen-bond acceptors (Lipinski definition) is 4. The Morgan fingerprint density at radius 1 is 1.11 bits per heavy atom. The number of fused-ring (bicyclic) bond motifs is 1. The van der Waals surface area contributed by atoms with Gasteiger partial charge in [0.05, 0.1) is 12.1 Å². The van der Waals surface area contributed by atoms with Crippen LogP contribution >= 0.6 is 11.6 Å². The average Bonchev–Trinajstić information content (AvgIpc) is 3.18. The minimum atomic E-state index is -0.166. The molecule has 6 nitrogen and oxygen atoms in total. The molecule has 1 aliphatic heterocycles. The lowest BCUT2D eigenvalue weighted by molar-refractivity contribution is -0.123. The minimum Gasteiger partial charge on any atom is -0.375 e. The van der Waals surface area contributed by atoms with Crippen LogP contribution in [0.1, 0.15) is 35.2 Å². The molecule has 4 rings (SSSR count). The molecule has 2 atom stereocenters. The van der Waals surface area contributed by atoms with E-state index in [0.717, 1.165) is 11.1 Å². The number of aryl methyl sites for hydroxylation is 1. The summed E-state index contributed by atoms with van der Waals surface area (Å²) in [5.74, 6) is 0.385. The normalized spacial score (nSPS) is 18.8. The quantitative estimate of drug-likeness (QED) is 0.669. The first-order valence-corrected chi connectivity index (χ1v) is 9.49. The highest BCUT2D eigenvalue weighted by Gasteiger charge is 2.39. The fraction of sp³-hybridized carbons (Fsp3) is 0.286. The molecule has 2 aromatic carbocycles. The summed E-state index contributed by atoms with van der Waals surface area (Å²) in [4.78, 5) is 19.0. The molecule has 7 heteroatoms. The van der Waals surface area contributed by atoms with Crippen LogP contribution < -0.4 is 4.90 Å². The van der Waals surface area contributed by atoms with Crippen LogP contribution in [-0.2, 0) is 9.53 Å². The zero-order chi connectivity index (χ0) is 19.7. The number of carbonyl (C=O) groups is 1. The van der Waals surface area contributed by atoms with Crippen molar-refractivity contribution in [1.29, 1.82) is 0 Å². The number of halogens is 1. The summed E-state index contributed by atoms with van der Waals surface area (Å²) >= 11 is 6.07. The molecular formula is C21H21ClN4O2. The van der Waals surface area contributed by atoms with Crippen molar-refractivity contribution in [3.05, 3.63) is 76.6 Å². The molecule has 0 saturated heterocycles. The summed E-state index contributed by atoms with van der Waals surface area (Å²) in [6.45, 7) is 2.03. The van der Waals surface area contributed by atoms with Crippen LogP contribution in [0.25, 0.3) is 0 Å². The van der Waals surface area contributed by atoms with Gasteiger partial charge in [-0.05, 0) is 36.6 Å². The number of benzene rings is 2. The van der Waals surface area contributed by atoms with Crippen LogP contribution in [0.15, 0.2) is 54.9 Å². The third kappa shape index (κ3) is 3.41. The van der Waals surface area contributed by atoms with E-state index in [-0.39, 0.29) is 24.6 Å². The third-order valence-corrected chi connectivity index (χ3v) is 5.33. The molecule has 0 fully saturated rings. The van der Waals surface area contributed by atoms with Gasteiger partial charge in [0.1, 0.15) is 12.9 Å². The highest BCUT2D eigenvalue weighted by molar-refractivity contribution is 6.30. The third-order valence-electron chi connectivity index (χ3n) is 5.08. The van der Waals surface area contributed by atoms with E-state index in [4.69, 9.17) is 16.3 Å². The lowest BCUT2D eigenvalue weighted by Crippen LogP contribution is -2.44. The molecule has 0 aliphatic carbocycles. The van der Waals surface area contributed by atoms with Gasteiger partial charge in [-0.2, -0.15) is 10.1 Å². The highest BCUT2D eigenvalue weighted by atomic mass is 35.5. The largest absolute Gasteiger partial charge is 0.375 e. The van der Waals surface area contributed by atoms with Crippen LogP contribution in [0, 0.1) is 6.92 Å². The Hall–Kier alpha value is -2.70. The van der Waals surface area contributed by atoms with Crippen molar-refractivity contribution in [2.75, 3.05) is 18.6 Å². The van der Waals surface area contributed by atoms with Gasteiger partial charge in [-0.3, -0.25) is 9.69 Å². The number of methoxy groups -OCH3 is 1. The van der Waals surface area contributed by atoms with Gasteiger partial charge in [-0.1, -0.05) is 53.6 Å². The Kier molecular flexibility index (Phi) is 5.15. The molecule has 0 spiro atoms. The zero-order valence-corrected chi connectivity index (χ0v) is 16.5. The van der Waals surface area contributed by atoms with Crippen LogP contribution in [0.3, 0.4) is 0 Å². The van der Waals surface area contributed by atoms with Crippen LogP contribution in [0.4, 0.5) is 5.95 Å². The van der Waals surface area contributed by atoms with E-state index < -0.39 is 0 Å². The van der Waals surface area contributed by atoms with Gasteiger partial charge in [-0.15, -0.1) is 0 Å². The second kappa shape index (κ2) is 7.73. The number of carbonyl (C=O) groups excluding carboxylic acids is 1. The summed E-state index contributed by atoms with van der Waals surface area (Å²) in [6.07, 6.45) is 2.17. The van der Waals surface area contributed by atoms with Crippen molar-refractivity contribution in [2.45, 2.75) is 25.4 Å². The molecule has 1 amide bonds. The smallest absolute Gasteiger partial charge is 0.255 e. The molecular weight excluding hydrogens is 376 g/mol. The predicted molar refractivity (Wildman–Crippen MR) is 108 cm³/mol. The van der Waals surface area contributed by atoms with E-state index in [9.17, 15) is 4.79 Å². The van der Waals surface area contributed by atoms with Gasteiger partial charge in [0.15, 0.2) is 0 Å². The number of amides is 1. The van der Waals surface area contributed by atoms with Gasteiger partial charge in [0, 0.05) is 12.1 Å². The van der Waals surface area contributed by atoms with Crippen molar-refractivity contribution >= 4 is 23.5 Å². The van der Waals surface area contributed by atoms with Crippen molar-refractivity contribution in [3.63, 3.8) is 0 Å². The van der Waals surface area contributed by atoms with E-state index in [1.165, 1.54) is 19.0 Å². The first kappa shape index (κ1) is 18.7. The van der Waals surface area contributed by atoms with Gasteiger partial charge in [0.25, 0.3) is 5.91 Å². The summed E-state index contributed by atoms with van der Waals surface area (Å²) in [5, 5.41) is 5.10. The second-order valence-electron chi connectivity index (χ2n) is 6.93. The SMILES string of the molecule is COCC(=O)N1c2ncnn2C(c2ccc(Cl)cc2)CC1c1ccc(C)cc1. The number of hydrogen-bond donors (Lipinski definition) is 0. The molecule has 3 aromatic rings. The van der Waals surface area contributed by atoms with Gasteiger partial charge < -0.3 is 4.74 Å². The monoisotopic (exact) mass is 396 g/mol. The Balaban J connectivity index is 1.81. The maximum atomic E-state index is 12.9. The molecule has 0 radical (unpaired) electrons. The molecule has 1 aliphatic rings. The number of nitrogens with zero attached hydrogens (tertiary/aromatic N) is 4. The first-order valence-electron chi connectivity index (χ1n) is 9.11. The van der Waals surface area contributed by atoms with E-state index >= 15 is 0 Å². The van der Waals surface area contributed by atoms with E-state index in [2.05, 4.69) is 34.3 Å². The fourth-order valence-electron chi connectivity index (χ4n) is 3.71. The second-order valence-corrected chi connectivity index (χ2v) is 7.37. The van der Waals surface area contributed by atoms with E-state index in [1.54, 1.807) is 4.90 Å². The lowest BCUT2D eigenvalue weighted by Gasteiger charge is -2.39. The number of aromatic nitrogens is 3. The number of rotatable bonds is 4. The first-order chi connectivity index (χ1) is 13.6. The van der Waals surface area contributed by atoms with E-state index in [0.29, 0.717) is 17.4 Å². The Morgan fingerprint density at radius 3 is 2.43 bits per heavy atom. The molecule has 0 saturated carbocycles. The highest BCUT2D eigenvalue weighted by Crippen LogP contribution is 2.42. The lowest BCUT2D eigenvalue weighted by atomic mass is 9.91. The average molecular weight is 397 g/mol. The molecule has 0 bridgehead atoms. The summed E-state index contributed by atoms with van der Waals surface area (Å²) < 4.78 is 6.92. The molecule has 2 heterocycles. The number of anilines is 1. The zero-order valence-electron chi connectivity index (χ0n) is 15.7. The Morgan fingerprint density at radius 2 is 1.75 bits per heavy atom. The van der Waals surface area contributed by atoms with Crippen molar-refractivity contribution < 1.29 is 9.53 Å². The van der Waals surface area contributed by atoms with Crippen molar-refractivity contribution in [1.82, 2.24) is 14.8 Å². The van der Waals surface area contributed by atoms with E-state index in [1.807, 2.05) is 35.9 Å². The maximum absolute atomic E-state index is 12.9. The molecule has 0 N–H and O–H groups in total. The van der Waals surface area contributed by atoms with Crippen molar-refractivity contribution in [3.8, 4) is 0 Å². The van der Waals surface area contributed by atoms with Crippen molar-refractivity contribution in [2.24, 2.45) is 0 Å². The summed E-state index contributed by atoms with van der Waals surface area (Å²) in [5.41, 5.74) is 3.31. The maximum Gasteiger partial charge on any atom is 0.255 e. The Labute approximate surface area is 168 Å². The minimum absolute atomic E-state index is 0.0131.